The molecule has 0 aliphatic heterocycles. The van der Waals surface area contributed by atoms with Crippen molar-refractivity contribution in [3.05, 3.63) is 101 Å². The quantitative estimate of drug-likeness (QED) is 0.308. The second-order valence-corrected chi connectivity index (χ2v) is 7.91. The molecule has 0 saturated carbocycles. The van der Waals surface area contributed by atoms with Gasteiger partial charge < -0.3 is 15.3 Å². The third-order valence-electron chi connectivity index (χ3n) is 6.50. The summed E-state index contributed by atoms with van der Waals surface area (Å²) in [6.45, 7) is 1.91. The van der Waals surface area contributed by atoms with Crippen molar-refractivity contribution in [3.63, 3.8) is 0 Å². The molecule has 3 N–H and O–H groups in total. The fourth-order valence-electron chi connectivity index (χ4n) is 5.30. The van der Waals surface area contributed by atoms with E-state index in [2.05, 4.69) is 18.2 Å². The van der Waals surface area contributed by atoms with E-state index in [1.807, 2.05) is 49.4 Å². The molecule has 0 radical (unpaired) electrons. The van der Waals surface area contributed by atoms with Gasteiger partial charge in [-0.25, -0.2) is 0 Å². The summed E-state index contributed by atoms with van der Waals surface area (Å²) in [4.78, 5) is 0. The van der Waals surface area contributed by atoms with Gasteiger partial charge in [0.15, 0.2) is 11.5 Å². The molecular formula is C26H18O3. The first-order valence-electron chi connectivity index (χ1n) is 9.63. The highest BCUT2D eigenvalue weighted by atomic mass is 16.3. The van der Waals surface area contributed by atoms with Gasteiger partial charge in [-0.2, -0.15) is 0 Å². The lowest BCUT2D eigenvalue weighted by Gasteiger charge is -2.30. The number of hydrogen-bond donors (Lipinski definition) is 3. The Hall–Kier alpha value is -3.72. The molecule has 0 heterocycles. The van der Waals surface area contributed by atoms with E-state index in [9.17, 15) is 15.3 Å². The van der Waals surface area contributed by atoms with Crippen LogP contribution in [0.15, 0.2) is 72.8 Å². The Morgan fingerprint density at radius 3 is 1.62 bits per heavy atom. The van der Waals surface area contributed by atoms with E-state index in [1.54, 1.807) is 12.1 Å². The van der Waals surface area contributed by atoms with E-state index in [1.165, 1.54) is 0 Å². The van der Waals surface area contributed by atoms with Crippen LogP contribution in [-0.2, 0) is 5.41 Å². The Kier molecular flexibility index (Phi) is 2.92. The number of fused-ring (bicyclic) bond motifs is 10. The summed E-state index contributed by atoms with van der Waals surface area (Å²) in [5.41, 5.74) is 8.46. The van der Waals surface area contributed by atoms with Gasteiger partial charge in [0.2, 0.25) is 0 Å². The van der Waals surface area contributed by atoms with Crippen molar-refractivity contribution >= 4 is 0 Å². The van der Waals surface area contributed by atoms with Crippen LogP contribution in [0.4, 0.5) is 0 Å². The Balaban J connectivity index is 1.87. The molecule has 1 unspecified atom stereocenters. The van der Waals surface area contributed by atoms with Crippen LogP contribution >= 0.6 is 0 Å². The van der Waals surface area contributed by atoms with E-state index < -0.39 is 5.41 Å². The highest BCUT2D eigenvalue weighted by Gasteiger charge is 2.52. The fraction of sp³-hybridized carbons (Fsp3) is 0.0769. The van der Waals surface area contributed by atoms with Crippen LogP contribution in [0.2, 0.25) is 0 Å². The van der Waals surface area contributed by atoms with Crippen LogP contribution < -0.4 is 0 Å². The molecule has 0 bridgehead atoms. The van der Waals surface area contributed by atoms with Crippen molar-refractivity contribution in [2.75, 3.05) is 0 Å². The van der Waals surface area contributed by atoms with Crippen molar-refractivity contribution < 1.29 is 15.3 Å². The van der Waals surface area contributed by atoms with Crippen molar-refractivity contribution in [1.82, 2.24) is 0 Å². The molecule has 4 aromatic carbocycles. The van der Waals surface area contributed by atoms with Gasteiger partial charge in [-0.05, 0) is 81.3 Å². The zero-order valence-electron chi connectivity index (χ0n) is 15.8. The molecule has 1 spiro atoms. The van der Waals surface area contributed by atoms with E-state index in [-0.39, 0.29) is 17.2 Å². The van der Waals surface area contributed by atoms with Crippen molar-refractivity contribution in [2.24, 2.45) is 0 Å². The summed E-state index contributed by atoms with van der Waals surface area (Å²) < 4.78 is 0. The van der Waals surface area contributed by atoms with Crippen molar-refractivity contribution in [2.45, 2.75) is 12.3 Å². The van der Waals surface area contributed by atoms with Gasteiger partial charge >= 0.3 is 0 Å². The summed E-state index contributed by atoms with van der Waals surface area (Å²) in [6, 6.07) is 23.7. The molecule has 3 nitrogen and oxygen atoms in total. The van der Waals surface area contributed by atoms with Gasteiger partial charge in [0.25, 0.3) is 0 Å². The first kappa shape index (κ1) is 16.3. The summed E-state index contributed by atoms with van der Waals surface area (Å²) in [7, 11) is 0. The van der Waals surface area contributed by atoms with E-state index in [4.69, 9.17) is 0 Å². The Bertz CT molecular complexity index is 1250. The van der Waals surface area contributed by atoms with E-state index in [0.29, 0.717) is 0 Å². The molecule has 4 aromatic rings. The maximum absolute atomic E-state index is 10.6. The van der Waals surface area contributed by atoms with Gasteiger partial charge in [0, 0.05) is 0 Å². The van der Waals surface area contributed by atoms with Crippen molar-refractivity contribution in [1.29, 1.82) is 0 Å². The number of aromatic hydroxyl groups is 3. The van der Waals surface area contributed by atoms with Crippen LogP contribution in [0.3, 0.4) is 0 Å². The minimum Gasteiger partial charge on any atom is -0.508 e. The lowest BCUT2D eigenvalue weighted by Crippen LogP contribution is -2.25. The van der Waals surface area contributed by atoms with Crippen LogP contribution in [0.5, 0.6) is 17.2 Å². The van der Waals surface area contributed by atoms with Crippen LogP contribution in [0.25, 0.3) is 22.3 Å². The third kappa shape index (κ3) is 1.78. The molecule has 1 atom stereocenters. The highest BCUT2D eigenvalue weighted by Crippen LogP contribution is 2.64. The number of benzene rings is 4. The number of phenolic OH excluding ortho intramolecular Hbond substituents is 3. The maximum Gasteiger partial charge on any atom is 0.158 e. The predicted octanol–water partition coefficient (Wildman–Crippen LogP) is 5.46. The molecule has 0 amide bonds. The zero-order valence-corrected chi connectivity index (χ0v) is 15.8. The molecule has 2 aliphatic rings. The Morgan fingerprint density at radius 2 is 1.00 bits per heavy atom. The van der Waals surface area contributed by atoms with Crippen LogP contribution in [-0.4, -0.2) is 15.3 Å². The average Bonchev–Trinajstić information content (AvgIpc) is 3.16. The first-order chi connectivity index (χ1) is 14.0. The molecule has 6 rings (SSSR count). The fourth-order valence-corrected chi connectivity index (χ4v) is 5.30. The summed E-state index contributed by atoms with van der Waals surface area (Å²) in [5.74, 6) is -0.0167. The molecule has 0 aromatic heterocycles. The van der Waals surface area contributed by atoms with Gasteiger partial charge in [-0.1, -0.05) is 48.5 Å². The lowest BCUT2D eigenvalue weighted by atomic mass is 9.70. The minimum atomic E-state index is -0.645. The second-order valence-electron chi connectivity index (χ2n) is 7.91. The molecule has 2 aliphatic carbocycles. The topological polar surface area (TPSA) is 60.7 Å². The number of aryl methyl sites for hydroxylation is 1. The Morgan fingerprint density at radius 1 is 0.517 bits per heavy atom. The Labute approximate surface area is 168 Å². The summed E-state index contributed by atoms with van der Waals surface area (Å²) in [6.07, 6.45) is 0. The molecular weight excluding hydrogens is 360 g/mol. The van der Waals surface area contributed by atoms with E-state index in [0.717, 1.165) is 50.1 Å². The normalized spacial score (nSPS) is 17.7. The van der Waals surface area contributed by atoms with Crippen LogP contribution in [0, 0.1) is 6.92 Å². The monoisotopic (exact) mass is 378 g/mol. The smallest absolute Gasteiger partial charge is 0.158 e. The zero-order chi connectivity index (χ0) is 19.9. The van der Waals surface area contributed by atoms with Crippen molar-refractivity contribution in [3.8, 4) is 39.5 Å². The molecule has 140 valence electrons. The van der Waals surface area contributed by atoms with E-state index >= 15 is 0 Å². The lowest BCUT2D eigenvalue weighted by molar-refractivity contribution is 0.403. The number of hydrogen-bond acceptors (Lipinski definition) is 3. The molecule has 29 heavy (non-hydrogen) atoms. The minimum absolute atomic E-state index is 0.131. The molecule has 3 heteroatoms. The number of phenols is 3. The summed E-state index contributed by atoms with van der Waals surface area (Å²) in [5, 5.41) is 31.2. The van der Waals surface area contributed by atoms with Gasteiger partial charge in [-0.3, -0.25) is 0 Å². The van der Waals surface area contributed by atoms with Gasteiger partial charge in [0.05, 0.1) is 5.41 Å². The second kappa shape index (κ2) is 5.21. The largest absolute Gasteiger partial charge is 0.508 e. The maximum atomic E-state index is 10.6. The average molecular weight is 378 g/mol. The summed E-state index contributed by atoms with van der Waals surface area (Å²) >= 11 is 0. The molecule has 0 fully saturated rings. The molecule has 0 saturated heterocycles. The van der Waals surface area contributed by atoms with Gasteiger partial charge in [0.1, 0.15) is 5.75 Å². The predicted molar refractivity (Wildman–Crippen MR) is 112 cm³/mol. The highest BCUT2D eigenvalue weighted by molar-refractivity contribution is 5.96. The third-order valence-corrected chi connectivity index (χ3v) is 6.50. The number of rotatable bonds is 0. The first-order valence-corrected chi connectivity index (χ1v) is 9.63. The van der Waals surface area contributed by atoms with Gasteiger partial charge in [-0.15, -0.1) is 0 Å². The standard InChI is InChI=1S/C26H18O3/c1-14-10-17-15-6-2-4-8-19(15)26(21(17)12-23(14)27)20-9-5-3-7-16(20)18-11-24(28)25(29)13-22(18)26/h2-13,27-29H,1H3. The van der Waals surface area contributed by atoms with Crippen LogP contribution in [0.1, 0.15) is 27.8 Å². The SMILES string of the molecule is Cc1cc2c(cc1O)C1(c3ccccc3-2)c2ccccc2-c2cc(O)c(O)cc21.